The molecule has 2 rings (SSSR count). The van der Waals surface area contributed by atoms with Crippen LogP contribution in [0, 0.1) is 0 Å². The quantitative estimate of drug-likeness (QED) is 0.917. The molecule has 0 atom stereocenters. The Morgan fingerprint density at radius 3 is 2.35 bits per heavy atom. The first-order valence-electron chi connectivity index (χ1n) is 5.87. The summed E-state index contributed by atoms with van der Waals surface area (Å²) in [6.45, 7) is 0.502. The summed E-state index contributed by atoms with van der Waals surface area (Å²) in [6, 6.07) is 13.4. The molecule has 2 N–H and O–H groups in total. The SMILES string of the molecule is COCc1cccc(Oc2ccc(S(N)(=O)=O)cc2)c1. The van der Waals surface area contributed by atoms with Crippen molar-refractivity contribution in [2.75, 3.05) is 7.11 Å². The molecular weight excluding hydrogens is 278 g/mol. The van der Waals surface area contributed by atoms with Gasteiger partial charge in [-0.25, -0.2) is 13.6 Å². The Hall–Kier alpha value is -1.89. The molecule has 0 aliphatic rings. The van der Waals surface area contributed by atoms with Crippen LogP contribution in [0.4, 0.5) is 0 Å². The monoisotopic (exact) mass is 293 g/mol. The van der Waals surface area contributed by atoms with Crippen molar-refractivity contribution in [1.82, 2.24) is 0 Å². The van der Waals surface area contributed by atoms with Crippen LogP contribution >= 0.6 is 0 Å². The van der Waals surface area contributed by atoms with Crippen molar-refractivity contribution < 1.29 is 17.9 Å². The van der Waals surface area contributed by atoms with Gasteiger partial charge in [-0.1, -0.05) is 12.1 Å². The fraction of sp³-hybridized carbons (Fsp3) is 0.143. The molecule has 0 radical (unpaired) electrons. The molecule has 0 spiro atoms. The smallest absolute Gasteiger partial charge is 0.238 e. The molecule has 0 aromatic heterocycles. The van der Waals surface area contributed by atoms with Gasteiger partial charge in [-0.15, -0.1) is 0 Å². The predicted molar refractivity (Wildman–Crippen MR) is 75.0 cm³/mol. The first-order chi connectivity index (χ1) is 9.49. The molecule has 20 heavy (non-hydrogen) atoms. The van der Waals surface area contributed by atoms with Crippen LogP contribution in [-0.4, -0.2) is 15.5 Å². The molecule has 0 unspecified atom stereocenters. The number of benzene rings is 2. The van der Waals surface area contributed by atoms with Gasteiger partial charge in [0.15, 0.2) is 0 Å². The van der Waals surface area contributed by atoms with Crippen LogP contribution < -0.4 is 9.88 Å². The van der Waals surface area contributed by atoms with E-state index in [9.17, 15) is 8.42 Å². The summed E-state index contributed by atoms with van der Waals surface area (Å²) in [4.78, 5) is 0.0537. The van der Waals surface area contributed by atoms with E-state index in [-0.39, 0.29) is 4.90 Å². The molecule has 0 saturated heterocycles. The molecule has 0 aliphatic carbocycles. The maximum absolute atomic E-state index is 11.1. The maximum atomic E-state index is 11.1. The van der Waals surface area contributed by atoms with E-state index in [4.69, 9.17) is 14.6 Å². The summed E-state index contributed by atoms with van der Waals surface area (Å²) in [5.41, 5.74) is 0.992. The Bertz CT molecular complexity index is 681. The number of primary sulfonamides is 1. The highest BCUT2D eigenvalue weighted by atomic mass is 32.2. The highest BCUT2D eigenvalue weighted by Crippen LogP contribution is 2.23. The van der Waals surface area contributed by atoms with Gasteiger partial charge in [-0.3, -0.25) is 0 Å². The van der Waals surface area contributed by atoms with Gasteiger partial charge in [0.05, 0.1) is 11.5 Å². The van der Waals surface area contributed by atoms with E-state index in [1.54, 1.807) is 19.2 Å². The van der Waals surface area contributed by atoms with Gasteiger partial charge >= 0.3 is 0 Å². The van der Waals surface area contributed by atoms with Gasteiger partial charge < -0.3 is 9.47 Å². The van der Waals surface area contributed by atoms with E-state index in [1.807, 2.05) is 24.3 Å². The predicted octanol–water partition coefficient (Wildman–Crippen LogP) is 2.27. The third kappa shape index (κ3) is 3.80. The zero-order valence-corrected chi connectivity index (χ0v) is 11.8. The minimum atomic E-state index is -3.68. The Balaban J connectivity index is 2.16. The topological polar surface area (TPSA) is 78.6 Å². The van der Waals surface area contributed by atoms with Crippen LogP contribution in [0.5, 0.6) is 11.5 Å². The van der Waals surface area contributed by atoms with Gasteiger partial charge in [0.2, 0.25) is 10.0 Å². The minimum Gasteiger partial charge on any atom is -0.457 e. The fourth-order valence-electron chi connectivity index (χ4n) is 1.70. The van der Waals surface area contributed by atoms with E-state index in [2.05, 4.69) is 0 Å². The van der Waals surface area contributed by atoms with Crippen molar-refractivity contribution in [3.8, 4) is 11.5 Å². The molecule has 0 bridgehead atoms. The standard InChI is InChI=1S/C14H15NO4S/c1-18-10-11-3-2-4-13(9-11)19-12-5-7-14(8-6-12)20(15,16)17/h2-9H,10H2,1H3,(H2,15,16,17). The first kappa shape index (κ1) is 14.5. The summed E-state index contributed by atoms with van der Waals surface area (Å²) in [5.74, 6) is 1.19. The molecule has 0 fully saturated rings. The van der Waals surface area contributed by atoms with Crippen LogP contribution in [0.2, 0.25) is 0 Å². The Morgan fingerprint density at radius 2 is 1.75 bits per heavy atom. The molecule has 0 heterocycles. The second-order valence-electron chi connectivity index (χ2n) is 4.20. The average Bonchev–Trinajstić information content (AvgIpc) is 2.39. The minimum absolute atomic E-state index is 0.0537. The number of hydrogen-bond acceptors (Lipinski definition) is 4. The van der Waals surface area contributed by atoms with Gasteiger partial charge in [0, 0.05) is 7.11 Å². The second-order valence-corrected chi connectivity index (χ2v) is 5.76. The van der Waals surface area contributed by atoms with Crippen molar-refractivity contribution in [3.05, 3.63) is 54.1 Å². The van der Waals surface area contributed by atoms with Crippen LogP contribution in [0.1, 0.15) is 5.56 Å². The second kappa shape index (κ2) is 6.04. The summed E-state index contributed by atoms with van der Waals surface area (Å²) in [7, 11) is -2.05. The number of rotatable bonds is 5. The molecular formula is C14H15NO4S. The van der Waals surface area contributed by atoms with E-state index < -0.39 is 10.0 Å². The van der Waals surface area contributed by atoms with Crippen LogP contribution in [0.25, 0.3) is 0 Å². The summed E-state index contributed by atoms with van der Waals surface area (Å²) < 4.78 is 33.0. The normalized spacial score (nSPS) is 11.3. The Morgan fingerprint density at radius 1 is 1.05 bits per heavy atom. The number of methoxy groups -OCH3 is 1. The Kier molecular flexibility index (Phi) is 4.39. The molecule has 6 heteroatoms. The van der Waals surface area contributed by atoms with Gasteiger partial charge in [-0.05, 0) is 42.0 Å². The average molecular weight is 293 g/mol. The van der Waals surface area contributed by atoms with Gasteiger partial charge in [0.25, 0.3) is 0 Å². The van der Waals surface area contributed by atoms with Crippen molar-refractivity contribution in [2.45, 2.75) is 11.5 Å². The van der Waals surface area contributed by atoms with Gasteiger partial charge in [-0.2, -0.15) is 0 Å². The molecule has 5 nitrogen and oxygen atoms in total. The zero-order chi connectivity index (χ0) is 14.6. The van der Waals surface area contributed by atoms with Crippen molar-refractivity contribution >= 4 is 10.0 Å². The van der Waals surface area contributed by atoms with Crippen molar-refractivity contribution in [3.63, 3.8) is 0 Å². The third-order valence-corrected chi connectivity index (χ3v) is 3.53. The Labute approximate surface area is 118 Å². The fourth-order valence-corrected chi connectivity index (χ4v) is 2.21. The van der Waals surface area contributed by atoms with Crippen LogP contribution in [0.15, 0.2) is 53.4 Å². The molecule has 106 valence electrons. The lowest BCUT2D eigenvalue weighted by Gasteiger charge is -2.08. The molecule has 2 aromatic rings. The third-order valence-electron chi connectivity index (χ3n) is 2.60. The highest BCUT2D eigenvalue weighted by Gasteiger charge is 2.07. The van der Waals surface area contributed by atoms with E-state index in [0.29, 0.717) is 18.1 Å². The van der Waals surface area contributed by atoms with E-state index in [1.165, 1.54) is 12.1 Å². The van der Waals surface area contributed by atoms with Gasteiger partial charge in [0.1, 0.15) is 11.5 Å². The molecule has 0 aliphatic heterocycles. The number of sulfonamides is 1. The molecule has 0 amide bonds. The largest absolute Gasteiger partial charge is 0.457 e. The molecule has 0 saturated carbocycles. The van der Waals surface area contributed by atoms with Crippen LogP contribution in [0.3, 0.4) is 0 Å². The number of ether oxygens (including phenoxy) is 2. The highest BCUT2D eigenvalue weighted by molar-refractivity contribution is 7.89. The lowest BCUT2D eigenvalue weighted by atomic mass is 10.2. The number of hydrogen-bond donors (Lipinski definition) is 1. The summed E-state index contributed by atoms with van der Waals surface area (Å²) in [5, 5.41) is 5.03. The van der Waals surface area contributed by atoms with Crippen molar-refractivity contribution in [1.29, 1.82) is 0 Å². The lowest BCUT2D eigenvalue weighted by Crippen LogP contribution is -2.11. The summed E-state index contributed by atoms with van der Waals surface area (Å²) >= 11 is 0. The molecule has 2 aromatic carbocycles. The van der Waals surface area contributed by atoms with Crippen LogP contribution in [-0.2, 0) is 21.4 Å². The van der Waals surface area contributed by atoms with E-state index >= 15 is 0 Å². The maximum Gasteiger partial charge on any atom is 0.238 e. The first-order valence-corrected chi connectivity index (χ1v) is 7.42. The summed E-state index contributed by atoms with van der Waals surface area (Å²) in [6.07, 6.45) is 0. The zero-order valence-electron chi connectivity index (χ0n) is 10.9. The van der Waals surface area contributed by atoms with Crippen molar-refractivity contribution in [2.24, 2.45) is 5.14 Å². The van der Waals surface area contributed by atoms with E-state index in [0.717, 1.165) is 5.56 Å². The number of nitrogens with two attached hydrogens (primary N) is 1. The lowest BCUT2D eigenvalue weighted by molar-refractivity contribution is 0.184.